The Kier molecular flexibility index (Phi) is 1.90. The molecule has 72 valence electrons. The van der Waals surface area contributed by atoms with Crippen molar-refractivity contribution in [3.05, 3.63) is 29.9 Å². The van der Waals surface area contributed by atoms with Crippen LogP contribution in [0.5, 0.6) is 0 Å². The van der Waals surface area contributed by atoms with Gasteiger partial charge in [-0.05, 0) is 12.1 Å². The molecule has 14 heavy (non-hydrogen) atoms. The number of halogens is 1. The number of carbonyl (C=O) groups is 1. The lowest BCUT2D eigenvalue weighted by Gasteiger charge is -1.89. The normalized spacial score (nSPS) is 10.4. The number of nitrogens with zero attached hydrogens (tertiary/aromatic N) is 1. The first-order valence-corrected chi connectivity index (χ1v) is 3.78. The van der Waals surface area contributed by atoms with Crippen molar-refractivity contribution in [3.63, 3.8) is 0 Å². The van der Waals surface area contributed by atoms with Gasteiger partial charge in [0.2, 0.25) is 0 Å². The van der Waals surface area contributed by atoms with Gasteiger partial charge in [0.15, 0.2) is 11.4 Å². The number of aromatic nitrogens is 1. The van der Waals surface area contributed by atoms with Crippen molar-refractivity contribution in [2.45, 2.75) is 0 Å². The van der Waals surface area contributed by atoms with Crippen LogP contribution in [0.15, 0.2) is 22.6 Å². The molecule has 1 aromatic heterocycles. The molecule has 0 radical (unpaired) electrons. The number of hydrogen-bond donors (Lipinski definition) is 2. The highest BCUT2D eigenvalue weighted by molar-refractivity contribution is 5.91. The monoisotopic (exact) mass is 195 g/mol. The van der Waals surface area contributed by atoms with Gasteiger partial charge in [0, 0.05) is 0 Å². The zero-order chi connectivity index (χ0) is 10.1. The maximum Gasteiger partial charge on any atom is 0.321 e. The molecule has 5 nitrogen and oxygen atoms in total. The van der Waals surface area contributed by atoms with Gasteiger partial charge >= 0.3 is 5.91 Å². The summed E-state index contributed by atoms with van der Waals surface area (Å²) in [5.74, 6) is 3.36. The fraction of sp³-hybridized carbons (Fsp3) is 0. The first kappa shape index (κ1) is 8.64. The van der Waals surface area contributed by atoms with Crippen LogP contribution in [0, 0.1) is 5.82 Å². The van der Waals surface area contributed by atoms with E-state index in [2.05, 4.69) is 4.98 Å². The number of oxazole rings is 1. The van der Waals surface area contributed by atoms with E-state index in [0.29, 0.717) is 0 Å². The number of fused-ring (bicyclic) bond motifs is 1. The van der Waals surface area contributed by atoms with E-state index in [0.717, 1.165) is 0 Å². The molecule has 0 saturated carbocycles. The van der Waals surface area contributed by atoms with Gasteiger partial charge < -0.3 is 4.42 Å². The van der Waals surface area contributed by atoms with Crippen LogP contribution in [-0.4, -0.2) is 10.9 Å². The zero-order valence-electron chi connectivity index (χ0n) is 6.95. The molecule has 2 rings (SSSR count). The Labute approximate surface area is 77.7 Å². The molecule has 0 unspecified atom stereocenters. The van der Waals surface area contributed by atoms with Crippen LogP contribution in [0.1, 0.15) is 10.7 Å². The summed E-state index contributed by atoms with van der Waals surface area (Å²) in [4.78, 5) is 14.7. The second kappa shape index (κ2) is 3.08. The topological polar surface area (TPSA) is 81.1 Å². The lowest BCUT2D eigenvalue weighted by molar-refractivity contribution is 0.0921. The van der Waals surface area contributed by atoms with Crippen molar-refractivity contribution in [2.75, 3.05) is 0 Å². The highest BCUT2D eigenvalue weighted by atomic mass is 19.1. The molecule has 1 amide bonds. The van der Waals surface area contributed by atoms with E-state index in [-0.39, 0.29) is 17.0 Å². The Morgan fingerprint density at radius 2 is 2.36 bits per heavy atom. The SMILES string of the molecule is NNC(=O)c1nc2cccc(F)c2o1. The fourth-order valence-corrected chi connectivity index (χ4v) is 1.07. The molecule has 3 N–H and O–H groups in total. The summed E-state index contributed by atoms with van der Waals surface area (Å²) in [7, 11) is 0. The Balaban J connectivity index is 2.62. The van der Waals surface area contributed by atoms with Gasteiger partial charge in [-0.2, -0.15) is 0 Å². The number of benzene rings is 1. The quantitative estimate of drug-likeness (QED) is 0.396. The van der Waals surface area contributed by atoms with Crippen LogP contribution in [0.25, 0.3) is 11.1 Å². The predicted octanol–water partition coefficient (Wildman–Crippen LogP) is 0.570. The second-order valence-corrected chi connectivity index (χ2v) is 2.58. The Morgan fingerprint density at radius 1 is 1.57 bits per heavy atom. The number of para-hydroxylation sites is 1. The summed E-state index contributed by atoms with van der Waals surface area (Å²) in [6.45, 7) is 0. The summed E-state index contributed by atoms with van der Waals surface area (Å²) < 4.78 is 17.9. The number of nitrogen functional groups attached to an aromatic ring is 1. The van der Waals surface area contributed by atoms with Gasteiger partial charge in [0.05, 0.1) is 0 Å². The average molecular weight is 195 g/mol. The lowest BCUT2D eigenvalue weighted by atomic mass is 10.3. The molecule has 0 bridgehead atoms. The molecule has 0 spiro atoms. The summed E-state index contributed by atoms with van der Waals surface area (Å²) in [6, 6.07) is 4.23. The third-order valence-electron chi connectivity index (χ3n) is 1.69. The third kappa shape index (κ3) is 1.21. The number of amides is 1. The number of nitrogens with one attached hydrogen (secondary N) is 1. The Hall–Kier alpha value is -1.95. The predicted molar refractivity (Wildman–Crippen MR) is 45.6 cm³/mol. The van der Waals surface area contributed by atoms with Crippen molar-refractivity contribution in [1.82, 2.24) is 10.4 Å². The smallest absolute Gasteiger partial charge is 0.321 e. The molecular weight excluding hydrogens is 189 g/mol. The highest BCUT2D eigenvalue weighted by Gasteiger charge is 2.14. The largest absolute Gasteiger partial charge is 0.429 e. The minimum Gasteiger partial charge on any atom is -0.429 e. The molecule has 0 atom stereocenters. The molecule has 1 aromatic carbocycles. The number of hydrazine groups is 1. The maximum atomic E-state index is 13.1. The molecule has 0 aliphatic rings. The van der Waals surface area contributed by atoms with Crippen molar-refractivity contribution >= 4 is 17.0 Å². The van der Waals surface area contributed by atoms with Gasteiger partial charge in [-0.15, -0.1) is 0 Å². The minimum atomic E-state index is -0.694. The third-order valence-corrected chi connectivity index (χ3v) is 1.69. The Bertz CT molecular complexity index is 494. The summed E-state index contributed by atoms with van der Waals surface area (Å²) in [6.07, 6.45) is 0. The van der Waals surface area contributed by atoms with Crippen molar-refractivity contribution in [3.8, 4) is 0 Å². The minimum absolute atomic E-state index is 0.0499. The van der Waals surface area contributed by atoms with Crippen LogP contribution in [0.2, 0.25) is 0 Å². The molecule has 2 aromatic rings. The number of nitrogens with two attached hydrogens (primary N) is 1. The van der Waals surface area contributed by atoms with Crippen LogP contribution in [0.3, 0.4) is 0 Å². The van der Waals surface area contributed by atoms with E-state index in [4.69, 9.17) is 10.3 Å². The van der Waals surface area contributed by atoms with Crippen LogP contribution < -0.4 is 11.3 Å². The fourth-order valence-electron chi connectivity index (χ4n) is 1.07. The summed E-state index contributed by atoms with van der Waals surface area (Å²) >= 11 is 0. The van der Waals surface area contributed by atoms with Gasteiger partial charge in [-0.25, -0.2) is 15.2 Å². The van der Waals surface area contributed by atoms with Gasteiger partial charge in [0.25, 0.3) is 5.89 Å². The lowest BCUT2D eigenvalue weighted by Crippen LogP contribution is -2.30. The van der Waals surface area contributed by atoms with Crippen LogP contribution in [-0.2, 0) is 0 Å². The van der Waals surface area contributed by atoms with E-state index in [1.165, 1.54) is 18.2 Å². The first-order chi connectivity index (χ1) is 6.72. The molecule has 6 heteroatoms. The van der Waals surface area contributed by atoms with Crippen molar-refractivity contribution in [1.29, 1.82) is 0 Å². The zero-order valence-corrected chi connectivity index (χ0v) is 6.95. The van der Waals surface area contributed by atoms with Gasteiger partial charge in [-0.3, -0.25) is 10.2 Å². The molecule has 0 aliphatic heterocycles. The second-order valence-electron chi connectivity index (χ2n) is 2.58. The molecule has 0 fully saturated rings. The van der Waals surface area contributed by atoms with Crippen molar-refractivity contribution < 1.29 is 13.6 Å². The van der Waals surface area contributed by atoms with E-state index >= 15 is 0 Å². The summed E-state index contributed by atoms with van der Waals surface area (Å²) in [5.41, 5.74) is 2.08. The van der Waals surface area contributed by atoms with E-state index in [1.54, 1.807) is 0 Å². The highest BCUT2D eigenvalue weighted by Crippen LogP contribution is 2.18. The number of carbonyl (C=O) groups excluding carboxylic acids is 1. The molecule has 0 aliphatic carbocycles. The van der Waals surface area contributed by atoms with Gasteiger partial charge in [-0.1, -0.05) is 6.07 Å². The van der Waals surface area contributed by atoms with E-state index < -0.39 is 11.7 Å². The van der Waals surface area contributed by atoms with E-state index in [9.17, 15) is 9.18 Å². The van der Waals surface area contributed by atoms with Crippen LogP contribution in [0.4, 0.5) is 4.39 Å². The Morgan fingerprint density at radius 3 is 3.00 bits per heavy atom. The molecule has 0 saturated heterocycles. The maximum absolute atomic E-state index is 13.1. The summed E-state index contributed by atoms with van der Waals surface area (Å²) in [5, 5.41) is 0. The number of rotatable bonds is 1. The standard InChI is InChI=1S/C8H6FN3O2/c9-4-2-1-3-5-6(4)14-8(11-5)7(13)12-10/h1-3H,10H2,(H,12,13). The van der Waals surface area contributed by atoms with Crippen molar-refractivity contribution in [2.24, 2.45) is 5.84 Å². The van der Waals surface area contributed by atoms with Gasteiger partial charge in [0.1, 0.15) is 5.52 Å². The molecular formula is C8H6FN3O2. The average Bonchev–Trinajstić information content (AvgIpc) is 2.62. The van der Waals surface area contributed by atoms with Crippen LogP contribution >= 0.6 is 0 Å². The number of hydrogen-bond acceptors (Lipinski definition) is 4. The molecule has 1 heterocycles. The van der Waals surface area contributed by atoms with E-state index in [1.807, 2.05) is 5.43 Å². The first-order valence-electron chi connectivity index (χ1n) is 3.78.